The second-order valence-corrected chi connectivity index (χ2v) is 7.07. The molecule has 144 valence electrons. The highest BCUT2D eigenvalue weighted by atomic mass is 16.5. The van der Waals surface area contributed by atoms with Crippen molar-refractivity contribution in [3.63, 3.8) is 0 Å². The lowest BCUT2D eigenvalue weighted by molar-refractivity contribution is 0.0263. The summed E-state index contributed by atoms with van der Waals surface area (Å²) in [6.45, 7) is 9.24. The highest BCUT2D eigenvalue weighted by Gasteiger charge is 2.22. The van der Waals surface area contributed by atoms with E-state index in [0.717, 1.165) is 63.1 Å². The van der Waals surface area contributed by atoms with Crippen LogP contribution in [0.1, 0.15) is 45.1 Å². The molecular formula is C20H32N4O2. The Balaban J connectivity index is 1.55. The Labute approximate surface area is 157 Å². The van der Waals surface area contributed by atoms with Crippen LogP contribution in [0.2, 0.25) is 0 Å². The van der Waals surface area contributed by atoms with Gasteiger partial charge in [0.05, 0.1) is 19.3 Å². The van der Waals surface area contributed by atoms with Crippen LogP contribution in [0.15, 0.2) is 23.3 Å². The van der Waals surface area contributed by atoms with Gasteiger partial charge in [0.1, 0.15) is 0 Å². The van der Waals surface area contributed by atoms with E-state index >= 15 is 0 Å². The molecule has 1 N–H and O–H groups in total. The predicted molar refractivity (Wildman–Crippen MR) is 103 cm³/mol. The first-order valence-electron chi connectivity index (χ1n) is 10.0. The Kier molecular flexibility index (Phi) is 7.12. The molecule has 3 rings (SSSR count). The van der Waals surface area contributed by atoms with Crippen LogP contribution in [-0.4, -0.2) is 54.8 Å². The summed E-state index contributed by atoms with van der Waals surface area (Å²) < 4.78 is 11.5. The lowest BCUT2D eigenvalue weighted by Gasteiger charge is -2.34. The minimum Gasteiger partial charge on any atom is -0.477 e. The van der Waals surface area contributed by atoms with Crippen LogP contribution in [0.3, 0.4) is 0 Å². The monoisotopic (exact) mass is 360 g/mol. The average Bonchev–Trinajstić information content (AvgIpc) is 3.49. The van der Waals surface area contributed by atoms with Crippen LogP contribution in [0.25, 0.3) is 0 Å². The molecule has 1 aromatic rings. The number of piperidine rings is 1. The van der Waals surface area contributed by atoms with Gasteiger partial charge in [0, 0.05) is 38.5 Å². The lowest BCUT2D eigenvalue weighted by Crippen LogP contribution is -2.47. The molecule has 0 atom stereocenters. The Hall–Kier alpha value is -1.82. The summed E-state index contributed by atoms with van der Waals surface area (Å²) in [7, 11) is 0. The van der Waals surface area contributed by atoms with Crippen molar-refractivity contribution in [1.82, 2.24) is 15.2 Å². The Bertz CT molecular complexity index is 581. The summed E-state index contributed by atoms with van der Waals surface area (Å²) >= 11 is 0. The molecule has 2 heterocycles. The van der Waals surface area contributed by atoms with E-state index in [9.17, 15) is 0 Å². The molecule has 0 bridgehead atoms. The van der Waals surface area contributed by atoms with Crippen molar-refractivity contribution in [2.24, 2.45) is 10.9 Å². The quantitative estimate of drug-likeness (QED) is 0.571. The second kappa shape index (κ2) is 9.76. The zero-order valence-corrected chi connectivity index (χ0v) is 16.1. The smallest absolute Gasteiger partial charge is 0.213 e. The van der Waals surface area contributed by atoms with Crippen molar-refractivity contribution in [2.75, 3.05) is 32.8 Å². The minimum atomic E-state index is 0.394. The number of ether oxygens (including phenoxy) is 2. The molecular weight excluding hydrogens is 328 g/mol. The van der Waals surface area contributed by atoms with Gasteiger partial charge in [0.15, 0.2) is 5.96 Å². The van der Waals surface area contributed by atoms with Crippen molar-refractivity contribution in [3.05, 3.63) is 23.9 Å². The maximum atomic E-state index is 5.78. The number of guanidine groups is 1. The van der Waals surface area contributed by atoms with Crippen LogP contribution >= 0.6 is 0 Å². The van der Waals surface area contributed by atoms with Gasteiger partial charge in [0.2, 0.25) is 5.88 Å². The third-order valence-corrected chi connectivity index (χ3v) is 4.85. The van der Waals surface area contributed by atoms with E-state index in [1.54, 1.807) is 0 Å². The molecule has 1 aliphatic heterocycles. The Morgan fingerprint density at radius 1 is 1.27 bits per heavy atom. The van der Waals surface area contributed by atoms with Gasteiger partial charge in [-0.1, -0.05) is 0 Å². The van der Waals surface area contributed by atoms with Crippen molar-refractivity contribution in [3.8, 4) is 5.88 Å². The molecule has 1 aliphatic carbocycles. The van der Waals surface area contributed by atoms with Gasteiger partial charge < -0.3 is 19.7 Å². The summed E-state index contributed by atoms with van der Waals surface area (Å²) in [5, 5.41) is 3.42. The molecule has 2 fully saturated rings. The molecule has 6 nitrogen and oxygen atoms in total. The molecule has 0 aromatic carbocycles. The second-order valence-electron chi connectivity index (χ2n) is 7.07. The number of aromatic nitrogens is 1. The van der Waals surface area contributed by atoms with Gasteiger partial charge in [-0.3, -0.25) is 0 Å². The zero-order chi connectivity index (χ0) is 18.2. The summed E-state index contributed by atoms with van der Waals surface area (Å²) in [4.78, 5) is 11.5. The first-order chi connectivity index (χ1) is 12.8. The van der Waals surface area contributed by atoms with Crippen LogP contribution in [0.5, 0.6) is 5.88 Å². The van der Waals surface area contributed by atoms with E-state index in [2.05, 4.69) is 29.0 Å². The maximum Gasteiger partial charge on any atom is 0.213 e. The number of hydrogen-bond acceptors (Lipinski definition) is 4. The van der Waals surface area contributed by atoms with E-state index in [4.69, 9.17) is 14.5 Å². The normalized spacial score (nSPS) is 18.8. The van der Waals surface area contributed by atoms with E-state index in [-0.39, 0.29) is 0 Å². The molecule has 1 saturated heterocycles. The number of nitrogens with zero attached hydrogens (tertiary/aromatic N) is 3. The van der Waals surface area contributed by atoms with Crippen LogP contribution < -0.4 is 10.1 Å². The molecule has 1 saturated carbocycles. The van der Waals surface area contributed by atoms with Crippen molar-refractivity contribution >= 4 is 5.96 Å². The van der Waals surface area contributed by atoms with Crippen LogP contribution in [0.4, 0.5) is 0 Å². The number of aliphatic imine (C=N–C) groups is 1. The fourth-order valence-corrected chi connectivity index (χ4v) is 3.18. The third kappa shape index (κ3) is 5.87. The Morgan fingerprint density at radius 3 is 2.77 bits per heavy atom. The predicted octanol–water partition coefficient (Wildman–Crippen LogP) is 2.84. The zero-order valence-electron chi connectivity index (χ0n) is 16.1. The summed E-state index contributed by atoms with van der Waals surface area (Å²) in [5.74, 6) is 2.44. The molecule has 1 aromatic heterocycles. The summed E-state index contributed by atoms with van der Waals surface area (Å²) in [5.41, 5.74) is 1.13. The number of hydrogen-bond donors (Lipinski definition) is 1. The van der Waals surface area contributed by atoms with Gasteiger partial charge in [-0.2, -0.15) is 0 Å². The molecule has 2 aliphatic rings. The van der Waals surface area contributed by atoms with Crippen LogP contribution in [0, 0.1) is 5.92 Å². The van der Waals surface area contributed by atoms with E-state index < -0.39 is 0 Å². The topological polar surface area (TPSA) is 59.0 Å². The third-order valence-electron chi connectivity index (χ3n) is 4.85. The minimum absolute atomic E-state index is 0.394. The SMILES string of the molecule is CCNC(=NCc1ccnc(OCC2CC2)c1)N1CCC(OCC)CC1. The van der Waals surface area contributed by atoms with Crippen molar-refractivity contribution in [2.45, 2.75) is 52.2 Å². The average molecular weight is 361 g/mol. The molecule has 0 unspecified atom stereocenters. The molecule has 26 heavy (non-hydrogen) atoms. The van der Waals surface area contributed by atoms with Gasteiger partial charge >= 0.3 is 0 Å². The van der Waals surface area contributed by atoms with Gasteiger partial charge in [-0.15, -0.1) is 0 Å². The first-order valence-corrected chi connectivity index (χ1v) is 10.0. The molecule has 0 spiro atoms. The van der Waals surface area contributed by atoms with E-state index in [1.165, 1.54) is 12.8 Å². The standard InChI is InChI=1S/C20H32N4O2/c1-3-21-20(24-11-8-18(9-12-24)25-4-2)23-14-17-7-10-22-19(13-17)26-15-16-5-6-16/h7,10,13,16,18H,3-6,8-9,11-12,14-15H2,1-2H3,(H,21,23). The fourth-order valence-electron chi connectivity index (χ4n) is 3.18. The maximum absolute atomic E-state index is 5.78. The Morgan fingerprint density at radius 2 is 2.08 bits per heavy atom. The largest absolute Gasteiger partial charge is 0.477 e. The number of rotatable bonds is 8. The fraction of sp³-hybridized carbons (Fsp3) is 0.700. The lowest BCUT2D eigenvalue weighted by atomic mass is 10.1. The highest BCUT2D eigenvalue weighted by Crippen LogP contribution is 2.29. The molecule has 6 heteroatoms. The number of likely N-dealkylation sites (tertiary alicyclic amines) is 1. The van der Waals surface area contributed by atoms with Crippen molar-refractivity contribution < 1.29 is 9.47 Å². The number of pyridine rings is 1. The summed E-state index contributed by atoms with van der Waals surface area (Å²) in [6.07, 6.45) is 6.91. The van der Waals surface area contributed by atoms with Crippen molar-refractivity contribution in [1.29, 1.82) is 0 Å². The highest BCUT2D eigenvalue weighted by molar-refractivity contribution is 5.80. The van der Waals surface area contributed by atoms with Crippen LogP contribution in [-0.2, 0) is 11.3 Å². The summed E-state index contributed by atoms with van der Waals surface area (Å²) in [6, 6.07) is 4.02. The van der Waals surface area contributed by atoms with E-state index in [0.29, 0.717) is 18.5 Å². The van der Waals surface area contributed by atoms with Gasteiger partial charge in [-0.05, 0) is 57.1 Å². The van der Waals surface area contributed by atoms with E-state index in [1.807, 2.05) is 18.3 Å². The molecule has 0 radical (unpaired) electrons. The number of nitrogens with one attached hydrogen (secondary N) is 1. The van der Waals surface area contributed by atoms with Gasteiger partial charge in [-0.25, -0.2) is 9.98 Å². The molecule has 0 amide bonds. The van der Waals surface area contributed by atoms with Gasteiger partial charge in [0.25, 0.3) is 0 Å². The first kappa shape index (κ1) is 19.0.